The van der Waals surface area contributed by atoms with E-state index in [1.807, 2.05) is 6.08 Å². The van der Waals surface area contributed by atoms with Crippen molar-refractivity contribution in [3.8, 4) is 0 Å². The average Bonchev–Trinajstić information content (AvgIpc) is 3.16. The van der Waals surface area contributed by atoms with Crippen molar-refractivity contribution >= 4 is 13.8 Å². The van der Waals surface area contributed by atoms with Gasteiger partial charge in [0.25, 0.3) is 0 Å². The van der Waals surface area contributed by atoms with Crippen LogP contribution in [0.1, 0.15) is 181 Å². The lowest BCUT2D eigenvalue weighted by Crippen LogP contribution is -2.28. The molecule has 0 rings (SSSR count). The molecular weight excluding hydrogens is 697 g/mol. The van der Waals surface area contributed by atoms with Gasteiger partial charge in [-0.2, -0.15) is 0 Å². The lowest BCUT2D eigenvalue weighted by molar-refractivity contribution is -0.153. The van der Waals surface area contributed by atoms with Gasteiger partial charge in [0.1, 0.15) is 6.10 Å². The predicted molar refractivity (Wildman–Crippen MR) is 229 cm³/mol. The Morgan fingerprint density at radius 2 is 0.963 bits per heavy atom. The highest BCUT2D eigenvalue weighted by Crippen LogP contribution is 2.43. The Morgan fingerprint density at radius 3 is 1.39 bits per heavy atom. The molecule has 0 radical (unpaired) electrons. The quantitative estimate of drug-likeness (QED) is 0.0273. The first kappa shape index (κ1) is 52.2. The van der Waals surface area contributed by atoms with Crippen molar-refractivity contribution in [3.05, 3.63) is 60.8 Å². The Labute approximate surface area is 332 Å². The van der Waals surface area contributed by atoms with Gasteiger partial charge in [-0.05, 0) is 38.5 Å². The predicted octanol–water partition coefficient (Wildman–Crippen LogP) is 13.0. The summed E-state index contributed by atoms with van der Waals surface area (Å²) in [6.07, 6.45) is 51.3. The minimum atomic E-state index is -4.30. The molecule has 8 nitrogen and oxygen atoms in total. The molecule has 0 aliphatic carbocycles. The summed E-state index contributed by atoms with van der Waals surface area (Å²) in [5.41, 5.74) is 5.36. The summed E-state index contributed by atoms with van der Waals surface area (Å²) < 4.78 is 33.3. The zero-order chi connectivity index (χ0) is 39.5. The summed E-state index contributed by atoms with van der Waals surface area (Å²) in [6.45, 7) is 4.69. The second kappa shape index (κ2) is 42.3. The molecule has 0 aliphatic rings. The van der Waals surface area contributed by atoms with Gasteiger partial charge in [0, 0.05) is 13.2 Å². The Bertz CT molecular complexity index is 1010. The number of phosphoric ester groups is 1. The van der Waals surface area contributed by atoms with Crippen LogP contribution in [0.4, 0.5) is 0 Å². The van der Waals surface area contributed by atoms with Gasteiger partial charge in [0.05, 0.1) is 26.2 Å². The summed E-state index contributed by atoms with van der Waals surface area (Å²) in [5.74, 6) is -0.456. The third-order valence-electron chi connectivity index (χ3n) is 8.98. The van der Waals surface area contributed by atoms with Crippen LogP contribution in [-0.4, -0.2) is 49.9 Å². The van der Waals surface area contributed by atoms with E-state index in [-0.39, 0.29) is 32.8 Å². The van der Waals surface area contributed by atoms with Gasteiger partial charge in [-0.15, -0.1) is 0 Å². The van der Waals surface area contributed by atoms with Crippen LogP contribution in [0.15, 0.2) is 60.8 Å². The van der Waals surface area contributed by atoms with Crippen LogP contribution in [0.5, 0.6) is 0 Å². The molecule has 0 aromatic rings. The summed E-state index contributed by atoms with van der Waals surface area (Å²) in [5, 5.41) is 0. The SMILES string of the molecule is CC/C=C\C/C=C\C/C=C\C/C=C\C/C=C\CC(=O)OC(COCCCCCCCCCCCCCCCCCCCCCC)COP(=O)(O)OCCN. The first-order valence-corrected chi connectivity index (χ1v) is 23.3. The van der Waals surface area contributed by atoms with Crippen molar-refractivity contribution in [3.63, 3.8) is 0 Å². The molecule has 0 saturated heterocycles. The van der Waals surface area contributed by atoms with Crippen LogP contribution in [-0.2, 0) is 27.9 Å². The van der Waals surface area contributed by atoms with Crippen molar-refractivity contribution in [2.45, 2.75) is 187 Å². The molecule has 54 heavy (non-hydrogen) atoms. The summed E-state index contributed by atoms with van der Waals surface area (Å²) >= 11 is 0. The number of ether oxygens (including phenoxy) is 2. The monoisotopic (exact) mass is 780 g/mol. The standard InChI is InChI=1S/C45H82NO7P/c1-3-5-7-9-11-13-15-17-19-20-21-22-23-25-27-29-31-33-35-37-40-50-42-44(43-52-54(48,49)51-41-39-46)53-45(47)38-36-34-32-30-28-26-24-18-16-14-12-10-8-6-4-2/h6,8,12,14,18,24,28,30,34,36,44H,3-5,7,9-11,13,15-17,19-23,25-27,29,31-33,35,37-43,46H2,1-2H3,(H,48,49)/b8-6-,14-12-,24-18-,30-28-,36-34-. The number of rotatable bonds is 41. The Morgan fingerprint density at radius 1 is 0.556 bits per heavy atom. The highest BCUT2D eigenvalue weighted by molar-refractivity contribution is 7.47. The number of unbranched alkanes of at least 4 members (excludes halogenated alkanes) is 19. The van der Waals surface area contributed by atoms with Crippen LogP contribution >= 0.6 is 7.82 Å². The van der Waals surface area contributed by atoms with Crippen molar-refractivity contribution in [1.29, 1.82) is 0 Å². The maximum atomic E-state index is 12.5. The molecular formula is C45H82NO7P. The number of esters is 1. The van der Waals surface area contributed by atoms with Crippen LogP contribution in [0.25, 0.3) is 0 Å². The van der Waals surface area contributed by atoms with Crippen molar-refractivity contribution in [2.75, 3.05) is 33.0 Å². The number of carbonyl (C=O) groups excluding carboxylic acids is 1. The summed E-state index contributed by atoms with van der Waals surface area (Å²) in [7, 11) is -4.30. The smallest absolute Gasteiger partial charge is 0.457 e. The fourth-order valence-corrected chi connectivity index (χ4v) is 6.60. The normalized spacial score (nSPS) is 14.1. The van der Waals surface area contributed by atoms with Crippen molar-refractivity contribution in [2.24, 2.45) is 5.73 Å². The van der Waals surface area contributed by atoms with Gasteiger partial charge in [0.2, 0.25) is 0 Å². The average molecular weight is 780 g/mol. The van der Waals surface area contributed by atoms with Gasteiger partial charge in [-0.1, -0.05) is 197 Å². The largest absolute Gasteiger partial charge is 0.472 e. The Balaban J connectivity index is 4.09. The minimum Gasteiger partial charge on any atom is -0.457 e. The van der Waals surface area contributed by atoms with Gasteiger partial charge in [0.15, 0.2) is 0 Å². The van der Waals surface area contributed by atoms with E-state index in [2.05, 4.69) is 62.5 Å². The van der Waals surface area contributed by atoms with E-state index >= 15 is 0 Å². The number of hydrogen-bond donors (Lipinski definition) is 2. The van der Waals surface area contributed by atoms with E-state index in [4.69, 9.17) is 24.3 Å². The number of carbonyl (C=O) groups is 1. The molecule has 0 heterocycles. The van der Waals surface area contributed by atoms with Crippen molar-refractivity contribution < 1.29 is 32.8 Å². The van der Waals surface area contributed by atoms with Crippen LogP contribution in [0.3, 0.4) is 0 Å². The number of nitrogens with two attached hydrogens (primary N) is 1. The molecule has 0 bridgehead atoms. The molecule has 2 atom stereocenters. The second-order valence-corrected chi connectivity index (χ2v) is 15.7. The topological polar surface area (TPSA) is 117 Å². The van der Waals surface area contributed by atoms with Crippen LogP contribution < -0.4 is 5.73 Å². The highest BCUT2D eigenvalue weighted by Gasteiger charge is 2.25. The summed E-state index contributed by atoms with van der Waals surface area (Å²) in [6, 6.07) is 0. The molecule has 0 amide bonds. The molecule has 3 N–H and O–H groups in total. The molecule has 9 heteroatoms. The molecule has 0 saturated carbocycles. The number of allylic oxidation sites excluding steroid dienone is 9. The van der Waals surface area contributed by atoms with E-state index < -0.39 is 19.9 Å². The van der Waals surface area contributed by atoms with Gasteiger partial charge in [-0.3, -0.25) is 13.8 Å². The fraction of sp³-hybridized carbons (Fsp3) is 0.756. The summed E-state index contributed by atoms with van der Waals surface area (Å²) in [4.78, 5) is 22.4. The first-order valence-electron chi connectivity index (χ1n) is 21.8. The highest BCUT2D eigenvalue weighted by atomic mass is 31.2. The Hall–Kier alpha value is -1.80. The van der Waals surface area contributed by atoms with Crippen LogP contribution in [0, 0.1) is 0 Å². The second-order valence-electron chi connectivity index (χ2n) is 14.2. The lowest BCUT2D eigenvalue weighted by Gasteiger charge is -2.19. The van der Waals surface area contributed by atoms with E-state index in [1.165, 1.54) is 116 Å². The van der Waals surface area contributed by atoms with E-state index in [9.17, 15) is 14.3 Å². The molecule has 2 unspecified atom stereocenters. The Kier molecular flexibility index (Phi) is 40.9. The number of hydrogen-bond acceptors (Lipinski definition) is 7. The minimum absolute atomic E-state index is 0.0768. The van der Waals surface area contributed by atoms with E-state index in [1.54, 1.807) is 6.08 Å². The van der Waals surface area contributed by atoms with Crippen LogP contribution in [0.2, 0.25) is 0 Å². The molecule has 0 aromatic heterocycles. The first-order chi connectivity index (χ1) is 26.4. The third kappa shape index (κ3) is 41.4. The van der Waals surface area contributed by atoms with Gasteiger partial charge < -0.3 is 20.1 Å². The lowest BCUT2D eigenvalue weighted by atomic mass is 10.0. The van der Waals surface area contributed by atoms with Gasteiger partial charge >= 0.3 is 13.8 Å². The molecule has 314 valence electrons. The maximum absolute atomic E-state index is 12.5. The number of phosphoric acid groups is 1. The van der Waals surface area contributed by atoms with E-state index in [0.29, 0.717) is 13.0 Å². The molecule has 0 aliphatic heterocycles. The zero-order valence-electron chi connectivity index (χ0n) is 34.7. The zero-order valence-corrected chi connectivity index (χ0v) is 35.6. The third-order valence-corrected chi connectivity index (χ3v) is 9.97. The fourth-order valence-electron chi connectivity index (χ4n) is 5.84. The molecule has 0 aromatic carbocycles. The van der Waals surface area contributed by atoms with Crippen molar-refractivity contribution in [1.82, 2.24) is 0 Å². The van der Waals surface area contributed by atoms with Gasteiger partial charge in [-0.25, -0.2) is 4.57 Å². The molecule has 0 fully saturated rings. The van der Waals surface area contributed by atoms with E-state index in [0.717, 1.165) is 38.5 Å². The maximum Gasteiger partial charge on any atom is 0.472 e. The molecule has 0 spiro atoms.